The van der Waals surface area contributed by atoms with Gasteiger partial charge in [0.05, 0.1) is 10.9 Å². The number of amides is 1. The Balaban J connectivity index is 1.91. The van der Waals surface area contributed by atoms with Crippen molar-refractivity contribution in [2.75, 3.05) is 6.54 Å². The predicted molar refractivity (Wildman–Crippen MR) is 85.3 cm³/mol. The van der Waals surface area contributed by atoms with Crippen LogP contribution in [0.5, 0.6) is 0 Å². The number of hydrogen-bond acceptors (Lipinski definition) is 5. The molecule has 3 rings (SSSR count). The fourth-order valence-electron chi connectivity index (χ4n) is 2.59. The van der Waals surface area contributed by atoms with Crippen LogP contribution in [0.4, 0.5) is 0 Å². The molecule has 1 unspecified atom stereocenters. The number of aromatic nitrogens is 3. The molecule has 2 heterocycles. The maximum absolute atomic E-state index is 12.2. The first-order valence-corrected chi connectivity index (χ1v) is 7.49. The molecule has 1 fully saturated rings. The van der Waals surface area contributed by atoms with Crippen LogP contribution in [0.3, 0.4) is 0 Å². The monoisotopic (exact) mass is 317 g/mol. The first-order valence-electron chi connectivity index (χ1n) is 7.49. The molecule has 0 bridgehead atoms. The van der Waals surface area contributed by atoms with Gasteiger partial charge >= 0.3 is 5.69 Å². The molecule has 0 spiro atoms. The van der Waals surface area contributed by atoms with Crippen LogP contribution in [-0.4, -0.2) is 32.6 Å². The highest BCUT2D eigenvalue weighted by atomic mass is 16.2. The zero-order valence-corrected chi connectivity index (χ0v) is 13.1. The van der Waals surface area contributed by atoms with E-state index < -0.39 is 11.2 Å². The summed E-state index contributed by atoms with van der Waals surface area (Å²) in [4.78, 5) is 40.4. The Kier molecular flexibility index (Phi) is 3.77. The van der Waals surface area contributed by atoms with Crippen molar-refractivity contribution in [2.24, 2.45) is 25.7 Å². The number of aryl methyl sites for hydroxylation is 1. The summed E-state index contributed by atoms with van der Waals surface area (Å²) in [6.45, 7) is 0.396. The van der Waals surface area contributed by atoms with Crippen LogP contribution in [0.15, 0.2) is 21.9 Å². The molecule has 23 heavy (non-hydrogen) atoms. The number of fused-ring (bicyclic) bond motifs is 1. The summed E-state index contributed by atoms with van der Waals surface area (Å²) in [5.41, 5.74) is 5.55. The fraction of sp³-hybridized carbons (Fsp3) is 0.467. The molecular weight excluding hydrogens is 298 g/mol. The van der Waals surface area contributed by atoms with Crippen molar-refractivity contribution < 1.29 is 4.79 Å². The van der Waals surface area contributed by atoms with Gasteiger partial charge in [0.1, 0.15) is 5.65 Å². The Hall–Kier alpha value is -2.48. The predicted octanol–water partition coefficient (Wildman–Crippen LogP) is -0.901. The number of carbonyl (C=O) groups is 1. The fourth-order valence-corrected chi connectivity index (χ4v) is 2.59. The maximum Gasteiger partial charge on any atom is 0.332 e. The number of hydrogen-bond donors (Lipinski definition) is 2. The van der Waals surface area contributed by atoms with Crippen molar-refractivity contribution in [1.82, 2.24) is 19.4 Å². The molecule has 1 aliphatic carbocycles. The lowest BCUT2D eigenvalue weighted by atomic mass is 10.2. The Morgan fingerprint density at radius 3 is 2.74 bits per heavy atom. The molecule has 2 aromatic rings. The highest BCUT2D eigenvalue weighted by molar-refractivity contribution is 5.96. The minimum atomic E-state index is -0.472. The van der Waals surface area contributed by atoms with E-state index in [4.69, 9.17) is 5.73 Å². The first kappa shape index (κ1) is 15.4. The van der Waals surface area contributed by atoms with Gasteiger partial charge in [0, 0.05) is 32.9 Å². The maximum atomic E-state index is 12.2. The van der Waals surface area contributed by atoms with Crippen LogP contribution >= 0.6 is 0 Å². The van der Waals surface area contributed by atoms with Gasteiger partial charge in [0.2, 0.25) is 0 Å². The van der Waals surface area contributed by atoms with E-state index in [2.05, 4.69) is 10.3 Å². The first-order chi connectivity index (χ1) is 10.9. The van der Waals surface area contributed by atoms with Gasteiger partial charge in [-0.1, -0.05) is 0 Å². The molecule has 122 valence electrons. The summed E-state index contributed by atoms with van der Waals surface area (Å²) in [5.74, 6) is 0.165. The van der Waals surface area contributed by atoms with Crippen molar-refractivity contribution >= 4 is 16.9 Å². The lowest BCUT2D eigenvalue weighted by Gasteiger charge is -2.12. The Morgan fingerprint density at radius 1 is 1.39 bits per heavy atom. The van der Waals surface area contributed by atoms with E-state index in [9.17, 15) is 14.4 Å². The highest BCUT2D eigenvalue weighted by Gasteiger charge is 2.28. The average Bonchev–Trinajstić information content (AvgIpc) is 3.40. The van der Waals surface area contributed by atoms with E-state index in [0.717, 1.165) is 17.4 Å². The quantitative estimate of drug-likeness (QED) is 0.759. The average molecular weight is 317 g/mol. The third kappa shape index (κ3) is 2.77. The number of rotatable bonds is 4. The van der Waals surface area contributed by atoms with Crippen LogP contribution in [0.25, 0.3) is 11.0 Å². The summed E-state index contributed by atoms with van der Waals surface area (Å²) in [6.07, 6.45) is 3.58. The van der Waals surface area contributed by atoms with E-state index in [1.165, 1.54) is 30.9 Å². The molecule has 2 aromatic heterocycles. The molecule has 1 amide bonds. The second-order valence-electron chi connectivity index (χ2n) is 6.01. The summed E-state index contributed by atoms with van der Waals surface area (Å²) in [7, 11) is 2.93. The zero-order valence-electron chi connectivity index (χ0n) is 13.1. The second-order valence-corrected chi connectivity index (χ2v) is 6.01. The smallest absolute Gasteiger partial charge is 0.332 e. The number of nitrogens with two attached hydrogens (primary N) is 1. The van der Waals surface area contributed by atoms with Gasteiger partial charge in [-0.15, -0.1) is 0 Å². The van der Waals surface area contributed by atoms with Gasteiger partial charge < -0.3 is 11.1 Å². The van der Waals surface area contributed by atoms with E-state index in [0.29, 0.717) is 12.5 Å². The molecule has 0 radical (unpaired) electrons. The third-order valence-electron chi connectivity index (χ3n) is 4.28. The number of nitrogens with zero attached hydrogens (tertiary/aromatic N) is 3. The molecule has 1 saturated carbocycles. The number of carbonyl (C=O) groups excluding carboxylic acids is 1. The van der Waals surface area contributed by atoms with Gasteiger partial charge in [-0.25, -0.2) is 9.78 Å². The van der Waals surface area contributed by atoms with E-state index >= 15 is 0 Å². The molecule has 8 nitrogen and oxygen atoms in total. The van der Waals surface area contributed by atoms with Crippen molar-refractivity contribution in [3.05, 3.63) is 38.7 Å². The number of pyridine rings is 1. The van der Waals surface area contributed by atoms with E-state index in [-0.39, 0.29) is 28.5 Å². The molecule has 8 heteroatoms. The van der Waals surface area contributed by atoms with Gasteiger partial charge in [0.15, 0.2) is 0 Å². The van der Waals surface area contributed by atoms with Crippen LogP contribution in [-0.2, 0) is 14.1 Å². The molecule has 1 atom stereocenters. The van der Waals surface area contributed by atoms with Gasteiger partial charge in [-0.2, -0.15) is 0 Å². The summed E-state index contributed by atoms with van der Waals surface area (Å²) in [6, 6.07) is 1.42. The Morgan fingerprint density at radius 2 is 2.09 bits per heavy atom. The van der Waals surface area contributed by atoms with Crippen LogP contribution in [0.1, 0.15) is 23.2 Å². The molecule has 0 aliphatic heterocycles. The van der Waals surface area contributed by atoms with Gasteiger partial charge in [-0.3, -0.25) is 18.7 Å². The normalized spacial score (nSPS) is 15.6. The lowest BCUT2D eigenvalue weighted by Crippen LogP contribution is -2.39. The van der Waals surface area contributed by atoms with E-state index in [1.807, 2.05) is 0 Å². The van der Waals surface area contributed by atoms with Gasteiger partial charge in [0.25, 0.3) is 11.5 Å². The molecule has 1 aliphatic rings. The topological polar surface area (TPSA) is 112 Å². The lowest BCUT2D eigenvalue weighted by molar-refractivity contribution is 0.0950. The minimum Gasteiger partial charge on any atom is -0.350 e. The third-order valence-corrected chi connectivity index (χ3v) is 4.28. The SMILES string of the molecule is Cn1c(=O)c2cc(C(=O)NCC(N)C3CC3)cnc2n(C)c1=O. The summed E-state index contributed by atoms with van der Waals surface area (Å²) < 4.78 is 2.27. The van der Waals surface area contributed by atoms with Crippen LogP contribution < -0.4 is 22.3 Å². The Labute approximate surface area is 131 Å². The van der Waals surface area contributed by atoms with Crippen molar-refractivity contribution in [2.45, 2.75) is 18.9 Å². The minimum absolute atomic E-state index is 0.0407. The standard InChI is InChI=1S/C15H19N5O3/c1-19-12-10(14(22)20(2)15(19)23)5-9(6-17-12)13(21)18-7-11(16)8-3-4-8/h5-6,8,11H,3-4,7,16H2,1-2H3,(H,18,21). The highest BCUT2D eigenvalue weighted by Crippen LogP contribution is 2.31. The van der Waals surface area contributed by atoms with Crippen molar-refractivity contribution in [3.63, 3.8) is 0 Å². The Bertz CT molecular complexity index is 894. The molecule has 0 aromatic carbocycles. The van der Waals surface area contributed by atoms with E-state index in [1.54, 1.807) is 0 Å². The zero-order chi connectivity index (χ0) is 16.7. The van der Waals surface area contributed by atoms with Crippen molar-refractivity contribution in [3.8, 4) is 0 Å². The molecular formula is C15H19N5O3. The summed E-state index contributed by atoms with van der Waals surface area (Å²) >= 11 is 0. The van der Waals surface area contributed by atoms with Crippen molar-refractivity contribution in [1.29, 1.82) is 0 Å². The summed E-state index contributed by atoms with van der Waals surface area (Å²) in [5, 5.41) is 2.99. The van der Waals surface area contributed by atoms with Crippen LogP contribution in [0, 0.1) is 5.92 Å². The molecule has 3 N–H and O–H groups in total. The van der Waals surface area contributed by atoms with Crippen LogP contribution in [0.2, 0.25) is 0 Å². The number of nitrogens with one attached hydrogen (secondary N) is 1. The molecule has 0 saturated heterocycles. The largest absolute Gasteiger partial charge is 0.350 e. The van der Waals surface area contributed by atoms with Gasteiger partial charge in [-0.05, 0) is 24.8 Å². The second kappa shape index (κ2) is 5.62.